The molecule has 2 rings (SSSR count). The summed E-state index contributed by atoms with van der Waals surface area (Å²) in [7, 11) is -1.34. The van der Waals surface area contributed by atoms with Gasteiger partial charge in [-0.1, -0.05) is 24.3 Å². The van der Waals surface area contributed by atoms with Gasteiger partial charge in [0.2, 0.25) is 0 Å². The summed E-state index contributed by atoms with van der Waals surface area (Å²) in [5.41, 5.74) is 0.830. The summed E-state index contributed by atoms with van der Waals surface area (Å²) in [6, 6.07) is 13.9. The van der Waals surface area contributed by atoms with E-state index in [1.807, 2.05) is 31.2 Å². The van der Waals surface area contributed by atoms with Crippen molar-refractivity contribution in [2.24, 2.45) is 4.99 Å². The number of para-hydroxylation sites is 1. The fourth-order valence-electron chi connectivity index (χ4n) is 2.61. The van der Waals surface area contributed by atoms with Crippen molar-refractivity contribution in [1.82, 2.24) is 10.6 Å². The van der Waals surface area contributed by atoms with Gasteiger partial charge in [0, 0.05) is 25.9 Å². The Morgan fingerprint density at radius 1 is 1.20 bits per heavy atom. The normalized spacial score (nSPS) is 12.6. The zero-order valence-corrected chi connectivity index (χ0v) is 20.5. The molecule has 0 heterocycles. The SMILES string of the molecule is CN=C(NCCc1ccc(Oc2ccccc2)c(F)c1)NC(C)CCS(C)(=O)=O.I. The van der Waals surface area contributed by atoms with Gasteiger partial charge < -0.3 is 15.4 Å². The smallest absolute Gasteiger partial charge is 0.191 e. The molecule has 0 aliphatic carbocycles. The van der Waals surface area contributed by atoms with Crippen molar-refractivity contribution < 1.29 is 17.5 Å². The van der Waals surface area contributed by atoms with Crippen molar-refractivity contribution >= 4 is 39.8 Å². The second-order valence-corrected chi connectivity index (χ2v) is 9.15. The second-order valence-electron chi connectivity index (χ2n) is 6.89. The molecule has 6 nitrogen and oxygen atoms in total. The van der Waals surface area contributed by atoms with Crippen molar-refractivity contribution in [3.63, 3.8) is 0 Å². The van der Waals surface area contributed by atoms with Crippen molar-refractivity contribution in [3.8, 4) is 11.5 Å². The van der Waals surface area contributed by atoms with Crippen LogP contribution in [0.15, 0.2) is 53.5 Å². The Morgan fingerprint density at radius 2 is 1.90 bits per heavy atom. The maximum atomic E-state index is 14.3. The lowest BCUT2D eigenvalue weighted by molar-refractivity contribution is 0.441. The summed E-state index contributed by atoms with van der Waals surface area (Å²) >= 11 is 0. The van der Waals surface area contributed by atoms with Gasteiger partial charge in [0.25, 0.3) is 0 Å². The Kier molecular flexibility index (Phi) is 11.1. The molecule has 0 saturated carbocycles. The van der Waals surface area contributed by atoms with Crippen LogP contribution in [0.4, 0.5) is 4.39 Å². The highest BCUT2D eigenvalue weighted by Gasteiger charge is 2.10. The predicted octanol–water partition coefficient (Wildman–Crippen LogP) is 3.77. The van der Waals surface area contributed by atoms with Gasteiger partial charge in [-0.3, -0.25) is 4.99 Å². The van der Waals surface area contributed by atoms with E-state index in [9.17, 15) is 12.8 Å². The number of nitrogens with zero attached hydrogens (tertiary/aromatic N) is 1. The molecule has 1 atom stereocenters. The highest BCUT2D eigenvalue weighted by Crippen LogP contribution is 2.24. The first-order valence-corrected chi connectivity index (χ1v) is 11.5. The lowest BCUT2D eigenvalue weighted by Gasteiger charge is -2.17. The third kappa shape index (κ3) is 9.75. The van der Waals surface area contributed by atoms with E-state index >= 15 is 0 Å². The van der Waals surface area contributed by atoms with Gasteiger partial charge in [0.05, 0.1) is 5.75 Å². The Balaban J connectivity index is 0.00000450. The molecule has 166 valence electrons. The molecule has 0 aliphatic heterocycles. The van der Waals surface area contributed by atoms with Gasteiger partial charge >= 0.3 is 0 Å². The summed E-state index contributed by atoms with van der Waals surface area (Å²) in [5.74, 6) is 1.05. The highest BCUT2D eigenvalue weighted by molar-refractivity contribution is 14.0. The van der Waals surface area contributed by atoms with E-state index in [1.165, 1.54) is 12.3 Å². The van der Waals surface area contributed by atoms with Crippen molar-refractivity contribution in [3.05, 3.63) is 59.9 Å². The number of aliphatic imine (C=N–C) groups is 1. The van der Waals surface area contributed by atoms with E-state index in [-0.39, 0.29) is 41.5 Å². The lowest BCUT2D eigenvalue weighted by atomic mass is 10.1. The van der Waals surface area contributed by atoms with Crippen LogP contribution in [0, 0.1) is 5.82 Å². The summed E-state index contributed by atoms with van der Waals surface area (Å²) in [5, 5.41) is 6.31. The summed E-state index contributed by atoms with van der Waals surface area (Å²) < 4.78 is 42.4. The molecule has 9 heteroatoms. The van der Waals surface area contributed by atoms with Crippen LogP contribution in [-0.2, 0) is 16.3 Å². The molecule has 0 saturated heterocycles. The number of hydrogen-bond acceptors (Lipinski definition) is 4. The van der Waals surface area contributed by atoms with E-state index in [1.54, 1.807) is 25.2 Å². The summed E-state index contributed by atoms with van der Waals surface area (Å²) in [4.78, 5) is 4.13. The fourth-order valence-corrected chi connectivity index (χ4v) is 3.40. The lowest BCUT2D eigenvalue weighted by Crippen LogP contribution is -2.43. The van der Waals surface area contributed by atoms with Crippen molar-refractivity contribution in [1.29, 1.82) is 0 Å². The maximum absolute atomic E-state index is 14.3. The van der Waals surface area contributed by atoms with E-state index in [0.29, 0.717) is 31.1 Å². The van der Waals surface area contributed by atoms with Crippen LogP contribution in [-0.4, -0.2) is 46.0 Å². The van der Waals surface area contributed by atoms with Crippen LogP contribution in [0.25, 0.3) is 0 Å². The number of ether oxygens (including phenoxy) is 1. The van der Waals surface area contributed by atoms with Gasteiger partial charge in [0.15, 0.2) is 17.5 Å². The molecule has 30 heavy (non-hydrogen) atoms. The fraction of sp³-hybridized carbons (Fsp3) is 0.381. The first kappa shape index (κ1) is 26.2. The largest absolute Gasteiger partial charge is 0.454 e. The molecular formula is C21H29FIN3O3S. The van der Waals surface area contributed by atoms with Crippen molar-refractivity contribution in [2.45, 2.75) is 25.8 Å². The third-order valence-corrected chi connectivity index (χ3v) is 5.18. The minimum absolute atomic E-state index is 0. The van der Waals surface area contributed by atoms with E-state index in [2.05, 4.69) is 15.6 Å². The summed E-state index contributed by atoms with van der Waals surface area (Å²) in [6.45, 7) is 2.45. The molecule has 0 spiro atoms. The van der Waals surface area contributed by atoms with Crippen LogP contribution in [0.3, 0.4) is 0 Å². The number of sulfone groups is 1. The van der Waals surface area contributed by atoms with Crippen LogP contribution in [0.1, 0.15) is 18.9 Å². The van der Waals surface area contributed by atoms with Gasteiger partial charge in [0.1, 0.15) is 15.6 Å². The number of halogens is 2. The van der Waals surface area contributed by atoms with Crippen LogP contribution in [0.2, 0.25) is 0 Å². The summed E-state index contributed by atoms with van der Waals surface area (Å²) in [6.07, 6.45) is 2.32. The molecule has 1 unspecified atom stereocenters. The zero-order valence-electron chi connectivity index (χ0n) is 17.4. The number of benzene rings is 2. The van der Waals surface area contributed by atoms with Crippen molar-refractivity contribution in [2.75, 3.05) is 25.6 Å². The Bertz CT molecular complexity index is 924. The quantitative estimate of drug-likeness (QED) is 0.283. The topological polar surface area (TPSA) is 79.8 Å². The number of guanidine groups is 1. The first-order valence-electron chi connectivity index (χ1n) is 9.43. The van der Waals surface area contributed by atoms with Crippen LogP contribution in [0.5, 0.6) is 11.5 Å². The molecule has 2 N–H and O–H groups in total. The average molecular weight is 549 g/mol. The number of rotatable bonds is 9. The molecular weight excluding hydrogens is 520 g/mol. The Hall–Kier alpha value is -1.88. The second kappa shape index (κ2) is 12.7. The predicted molar refractivity (Wildman–Crippen MR) is 130 cm³/mol. The van der Waals surface area contributed by atoms with E-state index in [4.69, 9.17) is 4.74 Å². The molecule has 0 aliphatic rings. The van der Waals surface area contributed by atoms with E-state index < -0.39 is 15.7 Å². The van der Waals surface area contributed by atoms with Crippen LogP contribution < -0.4 is 15.4 Å². The molecule has 0 amide bonds. The molecule has 2 aromatic carbocycles. The average Bonchev–Trinajstić information content (AvgIpc) is 2.68. The number of hydrogen-bond donors (Lipinski definition) is 2. The zero-order chi connectivity index (χ0) is 21.3. The molecule has 0 bridgehead atoms. The van der Waals surface area contributed by atoms with Gasteiger partial charge in [-0.15, -0.1) is 24.0 Å². The van der Waals surface area contributed by atoms with Gasteiger partial charge in [-0.05, 0) is 49.6 Å². The molecule has 0 fully saturated rings. The van der Waals surface area contributed by atoms with E-state index in [0.717, 1.165) is 5.56 Å². The maximum Gasteiger partial charge on any atom is 0.191 e. The molecule has 0 aromatic heterocycles. The number of nitrogens with one attached hydrogen (secondary N) is 2. The monoisotopic (exact) mass is 549 g/mol. The molecule has 0 radical (unpaired) electrons. The third-order valence-electron chi connectivity index (χ3n) is 4.20. The first-order chi connectivity index (χ1) is 13.8. The Morgan fingerprint density at radius 3 is 2.50 bits per heavy atom. The van der Waals surface area contributed by atoms with Crippen LogP contribution >= 0.6 is 24.0 Å². The van der Waals surface area contributed by atoms with Gasteiger partial charge in [-0.25, -0.2) is 12.8 Å². The molecule has 2 aromatic rings. The minimum atomic E-state index is -2.99. The van der Waals surface area contributed by atoms with Gasteiger partial charge in [-0.2, -0.15) is 0 Å². The standard InChI is InChI=1S/C21H28FN3O3S.HI/c1-16(12-14-29(3,26)27)25-21(23-2)24-13-11-17-9-10-20(19(22)15-17)28-18-7-5-4-6-8-18;/h4-10,15-16H,11-14H2,1-3H3,(H2,23,24,25);1H. The Labute approximate surface area is 195 Å². The highest BCUT2D eigenvalue weighted by atomic mass is 127. The minimum Gasteiger partial charge on any atom is -0.454 e.